The highest BCUT2D eigenvalue weighted by Gasteiger charge is 2.25. The lowest BCUT2D eigenvalue weighted by molar-refractivity contribution is 0.587. The largest absolute Gasteiger partial charge is 0.455 e. The number of pyridine rings is 1. The van der Waals surface area contributed by atoms with Gasteiger partial charge >= 0.3 is 0 Å². The molecule has 190 valence electrons. The SMILES string of the molecule is Cc1ccc2c(c1)oc1c(-c3nc4ccncc4n3-c3ccc(-c4ccccc4)cc3C(C)(C)C)cccc12. The van der Waals surface area contributed by atoms with Crippen molar-refractivity contribution >= 4 is 33.0 Å². The van der Waals surface area contributed by atoms with Crippen LogP contribution < -0.4 is 0 Å². The molecule has 0 N–H and O–H groups in total. The van der Waals surface area contributed by atoms with Crippen LogP contribution in [0.2, 0.25) is 0 Å². The minimum absolute atomic E-state index is 0.112. The third-order valence-electron chi connectivity index (χ3n) is 7.50. The summed E-state index contributed by atoms with van der Waals surface area (Å²) in [4.78, 5) is 9.65. The van der Waals surface area contributed by atoms with E-state index in [0.717, 1.165) is 50.0 Å². The molecule has 0 atom stereocenters. The fourth-order valence-corrected chi connectivity index (χ4v) is 5.57. The van der Waals surface area contributed by atoms with Crippen molar-refractivity contribution in [2.75, 3.05) is 0 Å². The van der Waals surface area contributed by atoms with Crippen LogP contribution in [-0.4, -0.2) is 14.5 Å². The smallest absolute Gasteiger partial charge is 0.149 e. The molecule has 7 rings (SSSR count). The van der Waals surface area contributed by atoms with Gasteiger partial charge in [0.25, 0.3) is 0 Å². The lowest BCUT2D eigenvalue weighted by Crippen LogP contribution is -2.16. The Morgan fingerprint density at radius 3 is 2.44 bits per heavy atom. The fourth-order valence-electron chi connectivity index (χ4n) is 5.57. The number of nitrogens with zero attached hydrogens (tertiary/aromatic N) is 3. The standard InChI is InChI=1S/C35H29N3O/c1-22-13-15-25-26-11-8-12-27(33(26)39-32(25)19-22)34-37-29-17-18-36-21-31(29)38(34)30-16-14-24(20-28(30)35(2,3)4)23-9-6-5-7-10-23/h5-21H,1-4H3. The fraction of sp³-hybridized carbons (Fsp3) is 0.143. The Morgan fingerprint density at radius 1 is 0.769 bits per heavy atom. The molecule has 4 nitrogen and oxygen atoms in total. The van der Waals surface area contributed by atoms with E-state index in [1.54, 1.807) is 6.20 Å². The van der Waals surface area contributed by atoms with Crippen LogP contribution in [0.5, 0.6) is 0 Å². The molecule has 4 heteroatoms. The minimum atomic E-state index is -0.112. The number of fused-ring (bicyclic) bond motifs is 4. The number of rotatable bonds is 3. The summed E-state index contributed by atoms with van der Waals surface area (Å²) in [6.07, 6.45) is 3.71. The van der Waals surface area contributed by atoms with Crippen LogP contribution in [0.15, 0.2) is 108 Å². The maximum Gasteiger partial charge on any atom is 0.149 e. The maximum absolute atomic E-state index is 6.51. The van der Waals surface area contributed by atoms with Crippen molar-refractivity contribution in [3.63, 3.8) is 0 Å². The predicted molar refractivity (Wildman–Crippen MR) is 160 cm³/mol. The van der Waals surface area contributed by atoms with E-state index in [4.69, 9.17) is 9.40 Å². The second kappa shape index (κ2) is 8.67. The molecule has 0 fully saturated rings. The van der Waals surface area contributed by atoms with Gasteiger partial charge < -0.3 is 4.42 Å². The zero-order chi connectivity index (χ0) is 26.7. The van der Waals surface area contributed by atoms with Crippen molar-refractivity contribution in [1.29, 1.82) is 0 Å². The van der Waals surface area contributed by atoms with E-state index >= 15 is 0 Å². The van der Waals surface area contributed by atoms with Crippen LogP contribution in [0.25, 0.3) is 61.2 Å². The number of hydrogen-bond donors (Lipinski definition) is 0. The summed E-state index contributed by atoms with van der Waals surface area (Å²) >= 11 is 0. The first kappa shape index (κ1) is 23.4. The average Bonchev–Trinajstić information content (AvgIpc) is 3.50. The van der Waals surface area contributed by atoms with E-state index in [0.29, 0.717) is 0 Å². The number of aromatic nitrogens is 3. The maximum atomic E-state index is 6.51. The molecule has 0 aliphatic heterocycles. The zero-order valence-corrected chi connectivity index (χ0v) is 22.6. The number of imidazole rings is 1. The monoisotopic (exact) mass is 507 g/mol. The summed E-state index contributed by atoms with van der Waals surface area (Å²) in [5.41, 5.74) is 10.4. The molecular formula is C35H29N3O. The van der Waals surface area contributed by atoms with Gasteiger partial charge in [-0.3, -0.25) is 9.55 Å². The van der Waals surface area contributed by atoms with Crippen molar-refractivity contribution in [3.05, 3.63) is 115 Å². The van der Waals surface area contributed by atoms with Gasteiger partial charge in [-0.1, -0.05) is 81.4 Å². The number of benzene rings is 4. The first-order valence-corrected chi connectivity index (χ1v) is 13.3. The number of furan rings is 1. The molecule has 7 aromatic rings. The molecule has 0 amide bonds. The third kappa shape index (κ3) is 3.83. The highest BCUT2D eigenvalue weighted by Crippen LogP contribution is 2.40. The topological polar surface area (TPSA) is 43.9 Å². The van der Waals surface area contributed by atoms with Crippen LogP contribution in [-0.2, 0) is 5.41 Å². The van der Waals surface area contributed by atoms with Gasteiger partial charge in [-0.2, -0.15) is 0 Å². The summed E-state index contributed by atoms with van der Waals surface area (Å²) in [5.74, 6) is 0.845. The van der Waals surface area contributed by atoms with E-state index in [1.807, 2.05) is 12.3 Å². The highest BCUT2D eigenvalue weighted by molar-refractivity contribution is 6.09. The normalized spacial score (nSPS) is 12.1. The van der Waals surface area contributed by atoms with Crippen LogP contribution in [0.1, 0.15) is 31.9 Å². The van der Waals surface area contributed by atoms with Gasteiger partial charge in [-0.15, -0.1) is 0 Å². The Hall–Kier alpha value is -4.70. The molecule has 0 aliphatic carbocycles. The second-order valence-electron chi connectivity index (χ2n) is 11.3. The Bertz CT molecular complexity index is 2010. The van der Waals surface area contributed by atoms with Crippen LogP contribution in [0, 0.1) is 6.92 Å². The van der Waals surface area contributed by atoms with Crippen molar-refractivity contribution in [1.82, 2.24) is 14.5 Å². The first-order chi connectivity index (χ1) is 18.9. The molecule has 0 radical (unpaired) electrons. The minimum Gasteiger partial charge on any atom is -0.455 e. The molecule has 0 aliphatic rings. The van der Waals surface area contributed by atoms with E-state index < -0.39 is 0 Å². The summed E-state index contributed by atoms with van der Waals surface area (Å²) < 4.78 is 8.77. The molecule has 0 saturated carbocycles. The molecule has 39 heavy (non-hydrogen) atoms. The predicted octanol–water partition coefficient (Wildman–Crippen LogP) is 9.26. The Balaban J connectivity index is 1.54. The van der Waals surface area contributed by atoms with Gasteiger partial charge in [-0.25, -0.2) is 4.98 Å². The van der Waals surface area contributed by atoms with E-state index in [2.05, 4.69) is 122 Å². The number of aryl methyl sites for hydroxylation is 1. The summed E-state index contributed by atoms with van der Waals surface area (Å²) in [6, 6.07) is 32.0. The summed E-state index contributed by atoms with van der Waals surface area (Å²) in [7, 11) is 0. The van der Waals surface area contributed by atoms with Gasteiger partial charge in [0.2, 0.25) is 0 Å². The van der Waals surface area contributed by atoms with Crippen molar-refractivity contribution < 1.29 is 4.42 Å². The van der Waals surface area contributed by atoms with Crippen LogP contribution in [0.4, 0.5) is 0 Å². The lowest BCUT2D eigenvalue weighted by Gasteiger charge is -2.25. The lowest BCUT2D eigenvalue weighted by atomic mass is 9.84. The average molecular weight is 508 g/mol. The van der Waals surface area contributed by atoms with Gasteiger partial charge in [0, 0.05) is 17.0 Å². The zero-order valence-electron chi connectivity index (χ0n) is 22.6. The summed E-state index contributed by atoms with van der Waals surface area (Å²) in [6.45, 7) is 8.88. The van der Waals surface area contributed by atoms with E-state index in [1.165, 1.54) is 22.3 Å². The molecule has 0 saturated heterocycles. The third-order valence-corrected chi connectivity index (χ3v) is 7.50. The van der Waals surface area contributed by atoms with Crippen molar-refractivity contribution in [3.8, 4) is 28.2 Å². The van der Waals surface area contributed by atoms with Gasteiger partial charge in [0.05, 0.1) is 28.5 Å². The molecule has 4 aromatic carbocycles. The van der Waals surface area contributed by atoms with Crippen LogP contribution in [0.3, 0.4) is 0 Å². The molecule has 0 unspecified atom stereocenters. The van der Waals surface area contributed by atoms with E-state index in [-0.39, 0.29) is 5.41 Å². The number of hydrogen-bond acceptors (Lipinski definition) is 3. The first-order valence-electron chi connectivity index (χ1n) is 13.3. The van der Waals surface area contributed by atoms with E-state index in [9.17, 15) is 0 Å². The van der Waals surface area contributed by atoms with Gasteiger partial charge in [0.1, 0.15) is 17.0 Å². The second-order valence-corrected chi connectivity index (χ2v) is 11.3. The molecule has 3 aromatic heterocycles. The van der Waals surface area contributed by atoms with Crippen molar-refractivity contribution in [2.45, 2.75) is 33.1 Å². The van der Waals surface area contributed by atoms with Crippen molar-refractivity contribution in [2.24, 2.45) is 0 Å². The van der Waals surface area contributed by atoms with Gasteiger partial charge in [0.15, 0.2) is 0 Å². The Kier molecular flexibility index (Phi) is 5.21. The molecular weight excluding hydrogens is 478 g/mol. The van der Waals surface area contributed by atoms with Crippen LogP contribution >= 0.6 is 0 Å². The Morgan fingerprint density at radius 2 is 1.62 bits per heavy atom. The summed E-state index contributed by atoms with van der Waals surface area (Å²) in [5, 5.41) is 2.21. The van der Waals surface area contributed by atoms with Gasteiger partial charge in [-0.05, 0) is 64.9 Å². The molecule has 3 heterocycles. The molecule has 0 bridgehead atoms. The quantitative estimate of drug-likeness (QED) is 0.239. The Labute approximate surface area is 227 Å². The number of para-hydroxylation sites is 1. The highest BCUT2D eigenvalue weighted by atomic mass is 16.3. The molecule has 0 spiro atoms.